The maximum Gasteiger partial charge on any atom is 0.303 e. The molecule has 0 saturated heterocycles. The molecule has 2 aromatic rings. The maximum atomic E-state index is 10.9. The fraction of sp³-hybridized carbons (Fsp3) is 0.188. The Hall–Kier alpha value is -2.49. The smallest absolute Gasteiger partial charge is 0.303 e. The zero-order chi connectivity index (χ0) is 14.5. The van der Waals surface area contributed by atoms with E-state index in [1.165, 1.54) is 0 Å². The van der Waals surface area contributed by atoms with Crippen molar-refractivity contribution in [2.75, 3.05) is 11.5 Å². The van der Waals surface area contributed by atoms with E-state index in [1.807, 2.05) is 48.5 Å². The van der Waals surface area contributed by atoms with Gasteiger partial charge in [0, 0.05) is 23.7 Å². The van der Waals surface area contributed by atoms with E-state index in [-0.39, 0.29) is 12.3 Å². The molecule has 0 heterocycles. The van der Waals surface area contributed by atoms with Crippen LogP contribution in [0.1, 0.15) is 29.9 Å². The summed E-state index contributed by atoms with van der Waals surface area (Å²) >= 11 is 0. The summed E-state index contributed by atoms with van der Waals surface area (Å²) in [6.07, 6.45) is 0.547. The number of hydrogen-bond donors (Lipinski definition) is 3. The summed E-state index contributed by atoms with van der Waals surface area (Å²) in [6.45, 7) is 0. The molecule has 0 fully saturated rings. The molecule has 0 aromatic heterocycles. The van der Waals surface area contributed by atoms with Crippen molar-refractivity contribution < 1.29 is 9.90 Å². The van der Waals surface area contributed by atoms with Crippen LogP contribution in [0.2, 0.25) is 0 Å². The van der Waals surface area contributed by atoms with E-state index in [9.17, 15) is 4.79 Å². The van der Waals surface area contributed by atoms with Gasteiger partial charge in [0.05, 0.1) is 0 Å². The monoisotopic (exact) mass is 270 g/mol. The number of hydrogen-bond acceptors (Lipinski definition) is 3. The van der Waals surface area contributed by atoms with Crippen LogP contribution in [0.5, 0.6) is 0 Å². The number of aliphatic carboxylic acids is 1. The lowest BCUT2D eigenvalue weighted by atomic mass is 9.85. The second-order valence-electron chi connectivity index (χ2n) is 4.74. The highest BCUT2D eigenvalue weighted by Gasteiger charge is 2.19. The lowest BCUT2D eigenvalue weighted by molar-refractivity contribution is -0.137. The van der Waals surface area contributed by atoms with Gasteiger partial charge in [0.25, 0.3) is 0 Å². The zero-order valence-corrected chi connectivity index (χ0v) is 11.1. The van der Waals surface area contributed by atoms with Crippen LogP contribution in [0.3, 0.4) is 0 Å². The largest absolute Gasteiger partial charge is 0.481 e. The van der Waals surface area contributed by atoms with Crippen LogP contribution in [0.15, 0.2) is 48.5 Å². The number of carboxylic acid groups (broad SMARTS) is 1. The SMILES string of the molecule is Nc1ccccc1C(CCC(=O)O)c1ccccc1N. The van der Waals surface area contributed by atoms with Gasteiger partial charge in [-0.3, -0.25) is 4.79 Å². The third kappa shape index (κ3) is 3.09. The normalized spacial score (nSPS) is 10.7. The van der Waals surface area contributed by atoms with Gasteiger partial charge in [-0.25, -0.2) is 0 Å². The fourth-order valence-corrected chi connectivity index (χ4v) is 2.40. The molecular weight excluding hydrogens is 252 g/mol. The van der Waals surface area contributed by atoms with Gasteiger partial charge in [-0.2, -0.15) is 0 Å². The third-order valence-electron chi connectivity index (χ3n) is 3.39. The number of anilines is 2. The van der Waals surface area contributed by atoms with Crippen molar-refractivity contribution in [2.45, 2.75) is 18.8 Å². The lowest BCUT2D eigenvalue weighted by Crippen LogP contribution is -2.09. The summed E-state index contributed by atoms with van der Waals surface area (Å²) in [5, 5.41) is 8.93. The van der Waals surface area contributed by atoms with Crippen molar-refractivity contribution in [1.29, 1.82) is 0 Å². The van der Waals surface area contributed by atoms with Crippen LogP contribution >= 0.6 is 0 Å². The minimum Gasteiger partial charge on any atom is -0.481 e. The molecule has 0 atom stereocenters. The number of nitrogen functional groups attached to an aromatic ring is 2. The summed E-state index contributed by atoms with van der Waals surface area (Å²) < 4.78 is 0. The predicted octanol–water partition coefficient (Wildman–Crippen LogP) is 2.85. The van der Waals surface area contributed by atoms with Gasteiger partial charge in [-0.05, 0) is 29.7 Å². The number of para-hydroxylation sites is 2. The molecule has 0 spiro atoms. The number of carboxylic acids is 1. The molecule has 4 nitrogen and oxygen atoms in total. The van der Waals surface area contributed by atoms with E-state index >= 15 is 0 Å². The highest BCUT2D eigenvalue weighted by atomic mass is 16.4. The molecule has 0 amide bonds. The van der Waals surface area contributed by atoms with Crippen molar-refractivity contribution in [3.63, 3.8) is 0 Å². The molecule has 0 saturated carbocycles. The Kier molecular flexibility index (Phi) is 4.25. The molecular formula is C16H18N2O2. The average molecular weight is 270 g/mol. The van der Waals surface area contributed by atoms with Gasteiger partial charge < -0.3 is 16.6 Å². The molecule has 20 heavy (non-hydrogen) atoms. The molecule has 4 heteroatoms. The summed E-state index contributed by atoms with van der Waals surface area (Å²) in [6, 6.07) is 15.0. The Bertz CT molecular complexity index is 565. The molecule has 0 radical (unpaired) electrons. The second kappa shape index (κ2) is 6.10. The standard InChI is InChI=1S/C16H18N2O2/c17-14-7-3-1-5-12(14)11(9-10-16(19)20)13-6-2-4-8-15(13)18/h1-8,11H,9-10,17-18H2,(H,19,20). The van der Waals surface area contributed by atoms with Gasteiger partial charge in [0.15, 0.2) is 0 Å². The maximum absolute atomic E-state index is 10.9. The first-order valence-corrected chi connectivity index (χ1v) is 6.50. The predicted molar refractivity (Wildman–Crippen MR) is 80.4 cm³/mol. The molecule has 104 valence electrons. The van der Waals surface area contributed by atoms with Crippen molar-refractivity contribution >= 4 is 17.3 Å². The van der Waals surface area contributed by atoms with Crippen molar-refractivity contribution in [3.8, 4) is 0 Å². The van der Waals surface area contributed by atoms with Gasteiger partial charge in [0.2, 0.25) is 0 Å². The first-order chi connectivity index (χ1) is 9.59. The van der Waals surface area contributed by atoms with Gasteiger partial charge >= 0.3 is 5.97 Å². The van der Waals surface area contributed by atoms with Crippen LogP contribution in [-0.2, 0) is 4.79 Å². The summed E-state index contributed by atoms with van der Waals surface area (Å²) in [5.74, 6) is -0.924. The van der Waals surface area contributed by atoms with E-state index in [0.717, 1.165) is 11.1 Å². The fourth-order valence-electron chi connectivity index (χ4n) is 2.40. The van der Waals surface area contributed by atoms with E-state index in [2.05, 4.69) is 0 Å². The molecule has 5 N–H and O–H groups in total. The molecule has 2 rings (SSSR count). The molecule has 0 aliphatic heterocycles. The number of carbonyl (C=O) groups is 1. The van der Waals surface area contributed by atoms with Crippen LogP contribution in [0.4, 0.5) is 11.4 Å². The minimum atomic E-state index is -0.820. The molecule has 0 unspecified atom stereocenters. The van der Waals surface area contributed by atoms with Crippen LogP contribution in [-0.4, -0.2) is 11.1 Å². The summed E-state index contributed by atoms with van der Waals surface area (Å²) in [5.41, 5.74) is 15.2. The molecule has 0 bridgehead atoms. The topological polar surface area (TPSA) is 89.3 Å². The quantitative estimate of drug-likeness (QED) is 0.729. The Balaban J connectivity index is 2.42. The van der Waals surface area contributed by atoms with Crippen LogP contribution < -0.4 is 11.5 Å². The van der Waals surface area contributed by atoms with E-state index in [1.54, 1.807) is 0 Å². The van der Waals surface area contributed by atoms with Gasteiger partial charge in [-0.15, -0.1) is 0 Å². The Labute approximate surface area is 118 Å². The van der Waals surface area contributed by atoms with Gasteiger partial charge in [0.1, 0.15) is 0 Å². The minimum absolute atomic E-state index is 0.0767. The molecule has 0 aliphatic carbocycles. The Morgan fingerprint density at radius 2 is 1.40 bits per heavy atom. The second-order valence-corrected chi connectivity index (χ2v) is 4.74. The van der Waals surface area contributed by atoms with Gasteiger partial charge in [-0.1, -0.05) is 36.4 Å². The van der Waals surface area contributed by atoms with Crippen molar-refractivity contribution in [2.24, 2.45) is 0 Å². The summed E-state index contributed by atoms with van der Waals surface area (Å²) in [4.78, 5) is 10.9. The summed E-state index contributed by atoms with van der Waals surface area (Å²) in [7, 11) is 0. The molecule has 0 aliphatic rings. The average Bonchev–Trinajstić information content (AvgIpc) is 2.42. The van der Waals surface area contributed by atoms with E-state index in [0.29, 0.717) is 17.8 Å². The number of benzene rings is 2. The number of nitrogens with two attached hydrogens (primary N) is 2. The first kappa shape index (κ1) is 13.9. The van der Waals surface area contributed by atoms with E-state index in [4.69, 9.17) is 16.6 Å². The van der Waals surface area contributed by atoms with Crippen LogP contribution in [0.25, 0.3) is 0 Å². The zero-order valence-electron chi connectivity index (χ0n) is 11.1. The number of rotatable bonds is 5. The molecule has 2 aromatic carbocycles. The Morgan fingerprint density at radius 3 is 1.80 bits per heavy atom. The highest BCUT2D eigenvalue weighted by Crippen LogP contribution is 2.35. The van der Waals surface area contributed by atoms with Crippen molar-refractivity contribution in [1.82, 2.24) is 0 Å². The first-order valence-electron chi connectivity index (χ1n) is 6.50. The van der Waals surface area contributed by atoms with Crippen LogP contribution in [0, 0.1) is 0 Å². The highest BCUT2D eigenvalue weighted by molar-refractivity contribution is 5.67. The third-order valence-corrected chi connectivity index (χ3v) is 3.39. The lowest BCUT2D eigenvalue weighted by Gasteiger charge is -2.20. The Morgan fingerprint density at radius 1 is 0.950 bits per heavy atom. The van der Waals surface area contributed by atoms with Crippen molar-refractivity contribution in [3.05, 3.63) is 59.7 Å². The van der Waals surface area contributed by atoms with E-state index < -0.39 is 5.97 Å².